The van der Waals surface area contributed by atoms with Crippen molar-refractivity contribution in [1.29, 1.82) is 0 Å². The van der Waals surface area contributed by atoms with Crippen molar-refractivity contribution in [1.82, 2.24) is 14.1 Å². The first-order chi connectivity index (χ1) is 15.2. The van der Waals surface area contributed by atoms with E-state index in [1.54, 1.807) is 22.5 Å². The fourth-order valence-electron chi connectivity index (χ4n) is 5.94. The monoisotopic (exact) mass is 481 g/mol. The molecule has 1 amide bonds. The molecule has 0 unspecified atom stereocenters. The minimum absolute atomic E-state index is 0.0545. The molecular formula is C24H36ClN3O3S. The number of aryl methyl sites for hydroxylation is 1. The molecular weight excluding hydrogens is 446 g/mol. The third-order valence-corrected chi connectivity index (χ3v) is 10.3. The normalized spacial score (nSPS) is 27.9. The van der Waals surface area contributed by atoms with Crippen LogP contribution in [0.5, 0.6) is 0 Å². The zero-order valence-electron chi connectivity index (χ0n) is 19.5. The average molecular weight is 482 g/mol. The van der Waals surface area contributed by atoms with Crippen LogP contribution in [0.1, 0.15) is 57.4 Å². The third-order valence-electron chi connectivity index (χ3n) is 7.86. The van der Waals surface area contributed by atoms with Crippen LogP contribution in [-0.4, -0.2) is 73.2 Å². The summed E-state index contributed by atoms with van der Waals surface area (Å²) < 4.78 is 29.3. The van der Waals surface area contributed by atoms with Crippen LogP contribution in [0.2, 0.25) is 5.02 Å². The molecule has 2 aliphatic heterocycles. The number of halogens is 1. The van der Waals surface area contributed by atoms with Crippen LogP contribution < -0.4 is 0 Å². The lowest BCUT2D eigenvalue weighted by Crippen LogP contribution is -2.53. The van der Waals surface area contributed by atoms with Gasteiger partial charge in [-0.1, -0.05) is 37.4 Å². The summed E-state index contributed by atoms with van der Waals surface area (Å²) in [6.07, 6.45) is 6.40. The summed E-state index contributed by atoms with van der Waals surface area (Å²) in [4.78, 5) is 18.1. The van der Waals surface area contributed by atoms with Gasteiger partial charge in [0.2, 0.25) is 15.9 Å². The fraction of sp³-hybridized carbons (Fsp3) is 0.708. The second-order valence-corrected chi connectivity index (χ2v) is 12.0. The highest BCUT2D eigenvalue weighted by Gasteiger charge is 2.52. The summed E-state index contributed by atoms with van der Waals surface area (Å²) in [5, 5.41) is 0.232. The molecule has 1 aromatic carbocycles. The number of fused-ring (bicyclic) bond motifs is 1. The summed E-state index contributed by atoms with van der Waals surface area (Å²) in [6, 6.07) is 4.47. The second kappa shape index (κ2) is 9.61. The average Bonchev–Trinajstić information content (AvgIpc) is 3.18. The number of hydrogen-bond acceptors (Lipinski definition) is 4. The van der Waals surface area contributed by atoms with Crippen LogP contribution in [0.25, 0.3) is 0 Å². The molecule has 3 aliphatic rings. The van der Waals surface area contributed by atoms with Crippen molar-refractivity contribution in [2.75, 3.05) is 26.7 Å². The summed E-state index contributed by atoms with van der Waals surface area (Å²) in [7, 11) is -2.02. The van der Waals surface area contributed by atoms with Gasteiger partial charge in [-0.15, -0.1) is 0 Å². The number of hydrogen-bond donors (Lipinski definition) is 0. The van der Waals surface area contributed by atoms with Crippen molar-refractivity contribution in [3.63, 3.8) is 0 Å². The second-order valence-electron chi connectivity index (χ2n) is 9.75. The zero-order valence-corrected chi connectivity index (χ0v) is 21.0. The quantitative estimate of drug-likeness (QED) is 0.639. The molecule has 8 heteroatoms. The molecule has 0 bridgehead atoms. The molecule has 6 nitrogen and oxygen atoms in total. The minimum Gasteiger partial charge on any atom is -0.341 e. The van der Waals surface area contributed by atoms with Crippen LogP contribution in [0.4, 0.5) is 0 Å². The molecule has 3 atom stereocenters. The number of carbonyl (C=O) groups excluding carboxylic acids is 1. The molecule has 178 valence electrons. The Morgan fingerprint density at radius 2 is 1.84 bits per heavy atom. The van der Waals surface area contributed by atoms with E-state index in [-0.39, 0.29) is 33.8 Å². The third kappa shape index (κ3) is 4.46. The van der Waals surface area contributed by atoms with E-state index < -0.39 is 16.1 Å². The molecule has 2 saturated heterocycles. The number of piperidine rings is 1. The van der Waals surface area contributed by atoms with Gasteiger partial charge in [-0.25, -0.2) is 8.42 Å². The van der Waals surface area contributed by atoms with Gasteiger partial charge in [0.15, 0.2) is 0 Å². The molecule has 32 heavy (non-hydrogen) atoms. The first-order valence-electron chi connectivity index (χ1n) is 12.0. The van der Waals surface area contributed by atoms with E-state index in [1.165, 1.54) is 0 Å². The highest BCUT2D eigenvalue weighted by atomic mass is 35.5. The Labute approximate surface area is 197 Å². The Balaban J connectivity index is 1.63. The van der Waals surface area contributed by atoms with E-state index >= 15 is 0 Å². The van der Waals surface area contributed by atoms with Crippen LogP contribution in [-0.2, 0) is 14.8 Å². The highest BCUT2D eigenvalue weighted by Crippen LogP contribution is 2.44. The maximum Gasteiger partial charge on any atom is 0.245 e. The van der Waals surface area contributed by atoms with Gasteiger partial charge in [0, 0.05) is 32.2 Å². The van der Waals surface area contributed by atoms with Crippen molar-refractivity contribution in [3.05, 3.63) is 28.8 Å². The van der Waals surface area contributed by atoms with Crippen molar-refractivity contribution >= 4 is 27.5 Å². The number of likely N-dealkylation sites (tertiary alicyclic amines) is 1. The number of benzene rings is 1. The van der Waals surface area contributed by atoms with Gasteiger partial charge >= 0.3 is 0 Å². The first kappa shape index (κ1) is 24.0. The van der Waals surface area contributed by atoms with E-state index in [0.717, 1.165) is 63.7 Å². The summed E-state index contributed by atoms with van der Waals surface area (Å²) in [5.41, 5.74) is 0.914. The van der Waals surface area contributed by atoms with E-state index in [9.17, 15) is 13.2 Å². The Bertz CT molecular complexity index is 946. The molecule has 1 aliphatic carbocycles. The lowest BCUT2D eigenvalue weighted by molar-refractivity contribution is -0.136. The van der Waals surface area contributed by atoms with Crippen molar-refractivity contribution in [2.45, 2.75) is 81.8 Å². The molecule has 0 aromatic heterocycles. The first-order valence-corrected chi connectivity index (χ1v) is 13.8. The van der Waals surface area contributed by atoms with Crippen LogP contribution in [0.3, 0.4) is 0 Å². The van der Waals surface area contributed by atoms with Gasteiger partial charge in [0.05, 0.1) is 5.02 Å². The molecule has 3 fully saturated rings. The number of likely N-dealkylation sites (N-methyl/N-ethyl adjacent to an activating group) is 1. The van der Waals surface area contributed by atoms with Gasteiger partial charge in [-0.2, -0.15) is 4.31 Å². The van der Waals surface area contributed by atoms with E-state index in [0.29, 0.717) is 6.42 Å². The SMILES string of the molecule is CCN1CCC(N(C)C(=O)[C@@H]2C[C@@H]3CCCC[C@@H]3N2S(=O)(=O)c2ccc(C)cc2Cl)CC1. The van der Waals surface area contributed by atoms with Crippen molar-refractivity contribution in [3.8, 4) is 0 Å². The number of rotatable bonds is 5. The lowest BCUT2D eigenvalue weighted by atomic mass is 9.85. The maximum atomic E-state index is 13.9. The minimum atomic E-state index is -3.88. The molecule has 1 aromatic rings. The highest BCUT2D eigenvalue weighted by molar-refractivity contribution is 7.89. The maximum absolute atomic E-state index is 13.9. The summed E-state index contributed by atoms with van der Waals surface area (Å²) in [6.45, 7) is 7.04. The number of nitrogens with zero attached hydrogens (tertiary/aromatic N) is 3. The predicted molar refractivity (Wildman–Crippen MR) is 127 cm³/mol. The molecule has 1 saturated carbocycles. The van der Waals surface area contributed by atoms with E-state index in [1.807, 2.05) is 18.9 Å². The molecule has 0 radical (unpaired) electrons. The smallest absolute Gasteiger partial charge is 0.245 e. The Hall–Kier alpha value is -1.15. The molecule has 2 heterocycles. The Kier molecular flexibility index (Phi) is 7.20. The van der Waals surface area contributed by atoms with Crippen molar-refractivity contribution < 1.29 is 13.2 Å². The van der Waals surface area contributed by atoms with Gasteiger partial charge < -0.3 is 9.80 Å². The zero-order chi connectivity index (χ0) is 23.0. The van der Waals surface area contributed by atoms with E-state index in [2.05, 4.69) is 11.8 Å². The van der Waals surface area contributed by atoms with Gasteiger partial charge in [-0.3, -0.25) is 4.79 Å². The number of sulfonamides is 1. The molecule has 0 spiro atoms. The van der Waals surface area contributed by atoms with Crippen LogP contribution in [0.15, 0.2) is 23.1 Å². The number of amides is 1. The Morgan fingerprint density at radius 1 is 1.16 bits per heavy atom. The number of carbonyl (C=O) groups is 1. The molecule has 4 rings (SSSR count). The Morgan fingerprint density at radius 3 is 2.50 bits per heavy atom. The van der Waals surface area contributed by atoms with Crippen LogP contribution >= 0.6 is 11.6 Å². The lowest BCUT2D eigenvalue weighted by Gasteiger charge is -2.39. The van der Waals surface area contributed by atoms with Gasteiger partial charge in [-0.05, 0) is 69.2 Å². The largest absolute Gasteiger partial charge is 0.341 e. The standard InChI is InChI=1S/C24H36ClN3O3S/c1-4-27-13-11-19(12-14-27)26(3)24(29)22-16-18-7-5-6-8-21(18)28(22)32(30,31)23-10-9-17(2)15-20(23)25/h9-10,15,18-19,21-22H,4-8,11-14,16H2,1-3H3/t18-,21-,22-/m0/s1. The predicted octanol–water partition coefficient (Wildman–Crippen LogP) is 3.91. The van der Waals surface area contributed by atoms with Crippen LogP contribution in [0, 0.1) is 12.8 Å². The topological polar surface area (TPSA) is 60.9 Å². The van der Waals surface area contributed by atoms with Crippen molar-refractivity contribution in [2.24, 2.45) is 5.92 Å². The van der Waals surface area contributed by atoms with Gasteiger partial charge in [0.25, 0.3) is 0 Å². The van der Waals surface area contributed by atoms with E-state index in [4.69, 9.17) is 11.6 Å². The fourth-order valence-corrected chi connectivity index (χ4v) is 8.39. The summed E-state index contributed by atoms with van der Waals surface area (Å²) >= 11 is 6.40. The van der Waals surface area contributed by atoms with Gasteiger partial charge in [0.1, 0.15) is 10.9 Å². The summed E-state index contributed by atoms with van der Waals surface area (Å²) in [5.74, 6) is 0.188. The molecule has 0 N–H and O–H groups in total.